The smallest absolute Gasteiger partial charge is 0.414 e. The molecule has 3 rings (SSSR count). The van der Waals surface area contributed by atoms with Gasteiger partial charge in [0.25, 0.3) is 0 Å². The van der Waals surface area contributed by atoms with Crippen LogP contribution in [0, 0.1) is 5.92 Å². The van der Waals surface area contributed by atoms with Crippen LogP contribution in [0.15, 0.2) is 46.9 Å². The van der Waals surface area contributed by atoms with Crippen LogP contribution in [0.4, 0.5) is 10.5 Å². The van der Waals surface area contributed by atoms with Crippen molar-refractivity contribution in [3.8, 4) is 0 Å². The van der Waals surface area contributed by atoms with Crippen molar-refractivity contribution in [1.82, 2.24) is 0 Å². The molecule has 4 heteroatoms. The van der Waals surface area contributed by atoms with Crippen molar-refractivity contribution in [1.29, 1.82) is 0 Å². The molecule has 0 aliphatic carbocycles. The fourth-order valence-electron chi connectivity index (χ4n) is 3.72. The Morgan fingerprint density at radius 1 is 1.19 bits per heavy atom. The van der Waals surface area contributed by atoms with Crippen LogP contribution in [0.2, 0.25) is 0 Å². The normalized spacial score (nSPS) is 16.6. The zero-order valence-electron chi connectivity index (χ0n) is 16.5. The second-order valence-electron chi connectivity index (χ2n) is 7.93. The van der Waals surface area contributed by atoms with Gasteiger partial charge in [0.05, 0.1) is 5.69 Å². The number of hydrogen-bond donors (Lipinski definition) is 0. The Balaban J connectivity index is 1.92. The van der Waals surface area contributed by atoms with E-state index in [9.17, 15) is 4.79 Å². The van der Waals surface area contributed by atoms with Gasteiger partial charge in [-0.1, -0.05) is 64.1 Å². The number of benzene rings is 2. The van der Waals surface area contributed by atoms with Gasteiger partial charge in [-0.2, -0.15) is 0 Å². The number of carbonyl (C=O) groups is 1. The molecular weight excluding hydrogens is 402 g/mol. The Kier molecular flexibility index (Phi) is 6.25. The SMILES string of the molecule is CC(C)c1cc(Br)c2c(c1)CCC(C(C)C)N2C(=O)OCc1ccccc1. The van der Waals surface area contributed by atoms with Crippen molar-refractivity contribution < 1.29 is 9.53 Å². The predicted octanol–water partition coefficient (Wildman–Crippen LogP) is 6.69. The molecule has 0 radical (unpaired) electrons. The highest BCUT2D eigenvalue weighted by Crippen LogP contribution is 2.41. The summed E-state index contributed by atoms with van der Waals surface area (Å²) in [6.45, 7) is 9.02. The molecule has 0 aromatic heterocycles. The summed E-state index contributed by atoms with van der Waals surface area (Å²) in [4.78, 5) is 15.0. The van der Waals surface area contributed by atoms with Crippen molar-refractivity contribution in [2.75, 3.05) is 4.90 Å². The third-order valence-corrected chi connectivity index (χ3v) is 5.89. The van der Waals surface area contributed by atoms with Crippen LogP contribution in [-0.4, -0.2) is 12.1 Å². The fourth-order valence-corrected chi connectivity index (χ4v) is 4.43. The average molecular weight is 430 g/mol. The molecule has 0 bridgehead atoms. The Labute approximate surface area is 170 Å². The molecule has 0 spiro atoms. The molecular formula is C23H28BrNO2. The molecule has 1 aliphatic rings. The number of fused-ring (bicyclic) bond motifs is 1. The zero-order valence-corrected chi connectivity index (χ0v) is 18.1. The van der Waals surface area contributed by atoms with Gasteiger partial charge in [0.15, 0.2) is 0 Å². The average Bonchev–Trinajstić information content (AvgIpc) is 2.65. The van der Waals surface area contributed by atoms with Crippen LogP contribution >= 0.6 is 15.9 Å². The van der Waals surface area contributed by atoms with Gasteiger partial charge in [-0.15, -0.1) is 0 Å². The highest BCUT2D eigenvalue weighted by molar-refractivity contribution is 9.10. The first-order valence-corrected chi connectivity index (χ1v) is 10.5. The van der Waals surface area contributed by atoms with E-state index in [1.165, 1.54) is 11.1 Å². The monoisotopic (exact) mass is 429 g/mol. The van der Waals surface area contributed by atoms with Crippen LogP contribution in [0.5, 0.6) is 0 Å². The Bertz CT molecular complexity index is 802. The van der Waals surface area contributed by atoms with Crippen molar-refractivity contribution in [3.05, 3.63) is 63.6 Å². The second-order valence-corrected chi connectivity index (χ2v) is 8.78. The molecule has 1 atom stereocenters. The topological polar surface area (TPSA) is 29.5 Å². The van der Waals surface area contributed by atoms with Crippen molar-refractivity contribution in [3.63, 3.8) is 0 Å². The lowest BCUT2D eigenvalue weighted by Gasteiger charge is -2.39. The lowest BCUT2D eigenvalue weighted by molar-refractivity contribution is 0.141. The fraction of sp³-hybridized carbons (Fsp3) is 0.435. The maximum Gasteiger partial charge on any atom is 0.414 e. The first-order chi connectivity index (χ1) is 12.9. The van der Waals surface area contributed by atoms with Crippen LogP contribution in [0.1, 0.15) is 56.7 Å². The molecule has 1 aliphatic heterocycles. The predicted molar refractivity (Wildman–Crippen MR) is 114 cm³/mol. The third-order valence-electron chi connectivity index (χ3n) is 5.28. The molecule has 0 N–H and O–H groups in total. The molecule has 144 valence electrons. The summed E-state index contributed by atoms with van der Waals surface area (Å²) in [6.07, 6.45) is 1.68. The van der Waals surface area contributed by atoms with E-state index in [0.29, 0.717) is 11.8 Å². The Hall–Kier alpha value is -1.81. The van der Waals surface area contributed by atoms with E-state index in [4.69, 9.17) is 4.74 Å². The molecule has 0 saturated heterocycles. The van der Waals surface area contributed by atoms with E-state index in [2.05, 4.69) is 55.8 Å². The summed E-state index contributed by atoms with van der Waals surface area (Å²) in [5.41, 5.74) is 4.49. The van der Waals surface area contributed by atoms with Gasteiger partial charge in [0.1, 0.15) is 6.61 Å². The van der Waals surface area contributed by atoms with Gasteiger partial charge in [-0.05, 0) is 63.4 Å². The second kappa shape index (κ2) is 8.47. The molecule has 3 nitrogen and oxygen atoms in total. The summed E-state index contributed by atoms with van der Waals surface area (Å²) in [5.74, 6) is 0.812. The van der Waals surface area contributed by atoms with Crippen LogP contribution in [-0.2, 0) is 17.8 Å². The van der Waals surface area contributed by atoms with Gasteiger partial charge < -0.3 is 4.74 Å². The Morgan fingerprint density at radius 2 is 1.89 bits per heavy atom. The number of nitrogens with zero attached hydrogens (tertiary/aromatic N) is 1. The number of amides is 1. The number of rotatable bonds is 4. The van der Waals surface area contributed by atoms with Crippen molar-refractivity contribution in [2.24, 2.45) is 5.92 Å². The minimum absolute atomic E-state index is 0.141. The first-order valence-electron chi connectivity index (χ1n) is 9.70. The standard InChI is InChI=1S/C23H28BrNO2/c1-15(2)19-12-18-10-11-21(16(3)4)25(22(18)20(24)13-19)23(26)27-14-17-8-6-5-7-9-17/h5-9,12-13,15-16,21H,10-11,14H2,1-4H3. The highest BCUT2D eigenvalue weighted by atomic mass is 79.9. The molecule has 0 fully saturated rings. The Morgan fingerprint density at radius 3 is 2.52 bits per heavy atom. The number of aryl methyl sites for hydroxylation is 1. The van der Waals surface area contributed by atoms with E-state index in [0.717, 1.165) is 28.6 Å². The number of hydrogen-bond acceptors (Lipinski definition) is 2. The minimum Gasteiger partial charge on any atom is -0.444 e. The minimum atomic E-state index is -0.267. The summed E-state index contributed by atoms with van der Waals surface area (Å²) in [7, 11) is 0. The summed E-state index contributed by atoms with van der Waals surface area (Å²) >= 11 is 3.73. The van der Waals surface area contributed by atoms with E-state index in [-0.39, 0.29) is 18.7 Å². The largest absolute Gasteiger partial charge is 0.444 e. The number of halogens is 1. The molecule has 2 aromatic rings. The van der Waals surface area contributed by atoms with Crippen LogP contribution in [0.25, 0.3) is 0 Å². The van der Waals surface area contributed by atoms with Crippen LogP contribution in [0.3, 0.4) is 0 Å². The number of ether oxygens (including phenoxy) is 1. The lowest BCUT2D eigenvalue weighted by Crippen LogP contribution is -2.47. The molecule has 1 heterocycles. The maximum absolute atomic E-state index is 13.1. The van der Waals surface area contributed by atoms with Crippen molar-refractivity contribution >= 4 is 27.7 Å². The van der Waals surface area contributed by atoms with Gasteiger partial charge in [-0.3, -0.25) is 4.90 Å². The van der Waals surface area contributed by atoms with E-state index in [1.807, 2.05) is 35.2 Å². The van der Waals surface area contributed by atoms with E-state index < -0.39 is 0 Å². The maximum atomic E-state index is 13.1. The summed E-state index contributed by atoms with van der Waals surface area (Å²) in [5, 5.41) is 0. The van der Waals surface area contributed by atoms with Gasteiger partial charge in [0.2, 0.25) is 0 Å². The number of anilines is 1. The van der Waals surface area contributed by atoms with Crippen molar-refractivity contribution in [2.45, 2.75) is 59.1 Å². The third kappa shape index (κ3) is 4.37. The summed E-state index contributed by atoms with van der Waals surface area (Å²) < 4.78 is 6.68. The van der Waals surface area contributed by atoms with E-state index in [1.54, 1.807) is 0 Å². The van der Waals surface area contributed by atoms with Gasteiger partial charge in [0, 0.05) is 10.5 Å². The molecule has 2 aromatic carbocycles. The molecule has 0 saturated carbocycles. The zero-order chi connectivity index (χ0) is 19.6. The lowest BCUT2D eigenvalue weighted by atomic mass is 9.87. The molecule has 27 heavy (non-hydrogen) atoms. The molecule has 1 amide bonds. The van der Waals surface area contributed by atoms with Gasteiger partial charge in [-0.25, -0.2) is 4.79 Å². The summed E-state index contributed by atoms with van der Waals surface area (Å²) in [6, 6.07) is 14.4. The van der Waals surface area contributed by atoms with E-state index >= 15 is 0 Å². The first kappa shape index (κ1) is 19.9. The quantitative estimate of drug-likeness (QED) is 0.541. The van der Waals surface area contributed by atoms with Crippen LogP contribution < -0.4 is 4.90 Å². The van der Waals surface area contributed by atoms with Gasteiger partial charge >= 0.3 is 6.09 Å². The molecule has 1 unspecified atom stereocenters. The number of carbonyl (C=O) groups excluding carboxylic acids is 1. The highest BCUT2D eigenvalue weighted by Gasteiger charge is 2.35.